The van der Waals surface area contributed by atoms with Crippen LogP contribution in [0.4, 0.5) is 4.79 Å². The molecule has 2 amide bonds. The second-order valence-corrected chi connectivity index (χ2v) is 9.06. The van der Waals surface area contributed by atoms with Crippen molar-refractivity contribution < 1.29 is 22.7 Å². The second kappa shape index (κ2) is 8.70. The van der Waals surface area contributed by atoms with E-state index >= 15 is 0 Å². The topological polar surface area (TPSA) is 114 Å². The number of sulfonamides is 1. The van der Waals surface area contributed by atoms with Gasteiger partial charge in [-0.3, -0.25) is 10.2 Å². The number of carbonyl (C=O) groups is 2. The Morgan fingerprint density at radius 1 is 1.08 bits per heavy atom. The minimum atomic E-state index is -3.95. The Hall–Kier alpha value is -1.84. The summed E-state index contributed by atoms with van der Waals surface area (Å²) in [6.07, 6.45) is -0.853. The highest BCUT2D eigenvalue weighted by molar-refractivity contribution is 7.89. The molecule has 0 aliphatic carbocycles. The zero-order chi connectivity index (χ0) is 20.1. The predicted octanol–water partition coefficient (Wildman–Crippen LogP) is 2.20. The first kappa shape index (κ1) is 22.2. The summed E-state index contributed by atoms with van der Waals surface area (Å²) < 4.78 is 32.2. The zero-order valence-corrected chi connectivity index (χ0v) is 16.9. The first-order valence-corrected chi connectivity index (χ1v) is 9.74. The summed E-state index contributed by atoms with van der Waals surface area (Å²) in [6.45, 7) is 8.35. The lowest BCUT2D eigenvalue weighted by Gasteiger charge is -2.23. The number of amides is 2. The number of nitrogens with one attached hydrogen (secondary N) is 3. The van der Waals surface area contributed by atoms with Crippen LogP contribution in [0.2, 0.25) is 5.02 Å². The lowest BCUT2D eigenvalue weighted by atomic mass is 10.1. The van der Waals surface area contributed by atoms with Crippen molar-refractivity contribution in [3.63, 3.8) is 0 Å². The number of halogens is 1. The first-order chi connectivity index (χ1) is 11.8. The summed E-state index contributed by atoms with van der Waals surface area (Å²) in [4.78, 5) is 23.9. The second-order valence-electron chi connectivity index (χ2n) is 6.91. The number of ether oxygens (including phenoxy) is 1. The third-order valence-corrected chi connectivity index (χ3v) is 4.75. The van der Waals surface area contributed by atoms with Crippen molar-refractivity contribution in [2.75, 3.05) is 0 Å². The van der Waals surface area contributed by atoms with Crippen LogP contribution < -0.4 is 15.6 Å². The molecule has 0 fully saturated rings. The van der Waals surface area contributed by atoms with Crippen molar-refractivity contribution >= 4 is 33.6 Å². The molecule has 0 aromatic heterocycles. The fourth-order valence-electron chi connectivity index (χ4n) is 1.84. The van der Waals surface area contributed by atoms with Gasteiger partial charge in [-0.1, -0.05) is 25.4 Å². The van der Waals surface area contributed by atoms with E-state index in [1.807, 2.05) is 0 Å². The van der Waals surface area contributed by atoms with Crippen molar-refractivity contribution in [2.24, 2.45) is 5.92 Å². The van der Waals surface area contributed by atoms with E-state index in [9.17, 15) is 18.0 Å². The Labute approximate surface area is 158 Å². The van der Waals surface area contributed by atoms with Gasteiger partial charge in [0.1, 0.15) is 11.6 Å². The van der Waals surface area contributed by atoms with E-state index < -0.39 is 33.7 Å². The summed E-state index contributed by atoms with van der Waals surface area (Å²) in [7, 11) is -3.95. The SMILES string of the molecule is CC(C)C(NS(=O)(=O)c1ccc(Cl)cc1)C(=O)NNC(=O)OC(C)(C)C. The molecular formula is C16H24ClN3O5S. The molecule has 26 heavy (non-hydrogen) atoms. The van der Waals surface area contributed by atoms with E-state index in [2.05, 4.69) is 15.6 Å². The smallest absolute Gasteiger partial charge is 0.426 e. The van der Waals surface area contributed by atoms with E-state index in [4.69, 9.17) is 16.3 Å². The largest absolute Gasteiger partial charge is 0.443 e. The van der Waals surface area contributed by atoms with Gasteiger partial charge in [-0.25, -0.2) is 18.6 Å². The van der Waals surface area contributed by atoms with Crippen LogP contribution >= 0.6 is 11.6 Å². The van der Waals surface area contributed by atoms with Crippen molar-refractivity contribution in [3.8, 4) is 0 Å². The van der Waals surface area contributed by atoms with Crippen LogP contribution in [0.25, 0.3) is 0 Å². The van der Waals surface area contributed by atoms with Gasteiger partial charge in [0.15, 0.2) is 0 Å². The summed E-state index contributed by atoms with van der Waals surface area (Å²) in [5, 5.41) is 0.392. The fraction of sp³-hybridized carbons (Fsp3) is 0.500. The third-order valence-electron chi connectivity index (χ3n) is 3.04. The average Bonchev–Trinajstić information content (AvgIpc) is 2.49. The van der Waals surface area contributed by atoms with E-state index in [1.165, 1.54) is 24.3 Å². The van der Waals surface area contributed by atoms with E-state index in [0.717, 1.165) is 0 Å². The Morgan fingerprint density at radius 3 is 2.08 bits per heavy atom. The Morgan fingerprint density at radius 2 is 1.62 bits per heavy atom. The summed E-state index contributed by atoms with van der Waals surface area (Å²) >= 11 is 5.75. The molecule has 0 aliphatic heterocycles. The summed E-state index contributed by atoms with van der Waals surface area (Å²) in [5.74, 6) is -1.10. The molecule has 1 aromatic carbocycles. The van der Waals surface area contributed by atoms with E-state index in [1.54, 1.807) is 34.6 Å². The predicted molar refractivity (Wildman–Crippen MR) is 97.9 cm³/mol. The maximum Gasteiger partial charge on any atom is 0.426 e. The lowest BCUT2D eigenvalue weighted by Crippen LogP contribution is -2.54. The number of carbonyl (C=O) groups excluding carboxylic acids is 2. The van der Waals surface area contributed by atoms with Crippen molar-refractivity contribution in [3.05, 3.63) is 29.3 Å². The molecule has 0 bridgehead atoms. The Balaban J connectivity index is 2.80. The maximum atomic E-state index is 12.4. The maximum absolute atomic E-state index is 12.4. The molecule has 1 unspecified atom stereocenters. The van der Waals surface area contributed by atoms with Crippen LogP contribution in [-0.4, -0.2) is 32.1 Å². The van der Waals surface area contributed by atoms with Gasteiger partial charge in [0, 0.05) is 5.02 Å². The molecule has 3 N–H and O–H groups in total. The van der Waals surface area contributed by atoms with Gasteiger partial charge in [-0.05, 0) is 51.0 Å². The minimum Gasteiger partial charge on any atom is -0.443 e. The van der Waals surface area contributed by atoms with Gasteiger partial charge in [-0.15, -0.1) is 0 Å². The highest BCUT2D eigenvalue weighted by atomic mass is 35.5. The van der Waals surface area contributed by atoms with Crippen LogP contribution in [0, 0.1) is 5.92 Å². The molecule has 146 valence electrons. The Bertz CT molecular complexity index is 742. The number of hydrogen-bond donors (Lipinski definition) is 3. The van der Waals surface area contributed by atoms with E-state index in [-0.39, 0.29) is 10.8 Å². The van der Waals surface area contributed by atoms with Gasteiger partial charge in [0.05, 0.1) is 4.90 Å². The van der Waals surface area contributed by atoms with Gasteiger partial charge in [0.25, 0.3) is 5.91 Å². The number of hydrazine groups is 1. The molecule has 1 rings (SSSR count). The standard InChI is InChI=1S/C16H24ClN3O5S/c1-10(2)13(14(21)18-19-15(22)25-16(3,4)5)20-26(23,24)12-8-6-11(17)7-9-12/h6-10,13,20H,1-5H3,(H,18,21)(H,19,22). The zero-order valence-electron chi connectivity index (χ0n) is 15.3. The van der Waals surface area contributed by atoms with Crippen LogP contribution in [0.5, 0.6) is 0 Å². The Kier molecular flexibility index (Phi) is 7.43. The molecule has 0 aliphatic rings. The molecule has 0 spiro atoms. The fourth-order valence-corrected chi connectivity index (χ4v) is 3.31. The first-order valence-electron chi connectivity index (χ1n) is 7.88. The summed E-state index contributed by atoms with van der Waals surface area (Å²) in [6, 6.07) is 4.43. The molecular weight excluding hydrogens is 382 g/mol. The van der Waals surface area contributed by atoms with E-state index in [0.29, 0.717) is 5.02 Å². The van der Waals surface area contributed by atoms with Gasteiger partial charge < -0.3 is 4.74 Å². The highest BCUT2D eigenvalue weighted by Crippen LogP contribution is 2.15. The van der Waals surface area contributed by atoms with Gasteiger partial charge >= 0.3 is 6.09 Å². The average molecular weight is 406 g/mol. The molecule has 8 nitrogen and oxygen atoms in total. The molecule has 0 saturated carbocycles. The molecule has 0 radical (unpaired) electrons. The highest BCUT2D eigenvalue weighted by Gasteiger charge is 2.29. The van der Waals surface area contributed by atoms with Crippen LogP contribution in [0.1, 0.15) is 34.6 Å². The lowest BCUT2D eigenvalue weighted by molar-refractivity contribution is -0.124. The minimum absolute atomic E-state index is 0.0274. The number of benzene rings is 1. The van der Waals surface area contributed by atoms with Crippen molar-refractivity contribution in [2.45, 2.75) is 51.2 Å². The normalized spacial score (nSPS) is 13.2. The molecule has 0 saturated heterocycles. The summed E-state index contributed by atoms with van der Waals surface area (Å²) in [5.41, 5.74) is 3.52. The van der Waals surface area contributed by atoms with Crippen LogP contribution in [0.3, 0.4) is 0 Å². The van der Waals surface area contributed by atoms with Gasteiger partial charge in [-0.2, -0.15) is 4.72 Å². The quantitative estimate of drug-likeness (QED) is 0.650. The molecule has 0 heterocycles. The molecule has 10 heteroatoms. The monoisotopic (exact) mass is 405 g/mol. The third kappa shape index (κ3) is 7.19. The van der Waals surface area contributed by atoms with Gasteiger partial charge in [0.2, 0.25) is 10.0 Å². The number of hydrogen-bond acceptors (Lipinski definition) is 5. The van der Waals surface area contributed by atoms with Crippen molar-refractivity contribution in [1.82, 2.24) is 15.6 Å². The molecule has 1 aromatic rings. The van der Waals surface area contributed by atoms with Crippen molar-refractivity contribution in [1.29, 1.82) is 0 Å². The molecule has 1 atom stereocenters. The number of rotatable bonds is 5. The van der Waals surface area contributed by atoms with Crippen LogP contribution in [0.15, 0.2) is 29.2 Å². The van der Waals surface area contributed by atoms with Crippen LogP contribution in [-0.2, 0) is 19.6 Å².